The van der Waals surface area contributed by atoms with Gasteiger partial charge in [-0.25, -0.2) is 0 Å². The number of imide groups is 1. The van der Waals surface area contributed by atoms with Crippen LogP contribution in [-0.2, 0) is 24.6 Å². The number of benzene rings is 4. The van der Waals surface area contributed by atoms with E-state index in [1.807, 2.05) is 54.6 Å². The fourth-order valence-electron chi connectivity index (χ4n) is 9.24. The first-order valence-electron chi connectivity index (χ1n) is 17.0. The fraction of sp³-hybridized carbons (Fsp3) is 0.220. The number of hydrogen-bond acceptors (Lipinski definition) is 8. The lowest BCUT2D eigenvalue weighted by Gasteiger charge is -2.55. The van der Waals surface area contributed by atoms with E-state index in [-0.39, 0.29) is 41.3 Å². The highest BCUT2D eigenvalue weighted by molar-refractivity contribution is 6.58. The number of fused-ring (bicyclic) bond motifs is 4. The van der Waals surface area contributed by atoms with Gasteiger partial charge in [-0.2, -0.15) is 0 Å². The lowest BCUT2D eigenvalue weighted by molar-refractivity contribution is -0.135. The van der Waals surface area contributed by atoms with Gasteiger partial charge in [-0.1, -0.05) is 90.5 Å². The second kappa shape index (κ2) is 12.3. The topological polar surface area (TPSA) is 141 Å². The number of phenols is 1. The van der Waals surface area contributed by atoms with Crippen molar-refractivity contribution in [2.24, 2.45) is 23.7 Å². The highest BCUT2D eigenvalue weighted by Gasteiger charge is 2.66. The largest absolute Gasteiger partial charge is 0.508 e. The molecule has 3 aliphatic carbocycles. The molecule has 4 aromatic rings. The van der Waals surface area contributed by atoms with E-state index in [9.17, 15) is 24.7 Å². The van der Waals surface area contributed by atoms with Gasteiger partial charge in [0.1, 0.15) is 11.5 Å². The molecule has 2 fully saturated rings. The van der Waals surface area contributed by atoms with Crippen molar-refractivity contribution in [1.29, 1.82) is 0 Å². The molecule has 1 aliphatic heterocycles. The molecule has 6 atom stereocenters. The number of ketones is 2. The number of ether oxygens (including phenoxy) is 1. The van der Waals surface area contributed by atoms with E-state index in [1.54, 1.807) is 30.3 Å². The Bertz CT molecular complexity index is 2160. The van der Waals surface area contributed by atoms with E-state index in [1.165, 1.54) is 37.5 Å². The Morgan fingerprint density at radius 1 is 0.824 bits per heavy atom. The van der Waals surface area contributed by atoms with Gasteiger partial charge >= 0.3 is 7.12 Å². The first-order chi connectivity index (χ1) is 24.7. The number of phenolic OH excluding ortho intramolecular Hbond substituents is 1. The molecule has 2 amide bonds. The summed E-state index contributed by atoms with van der Waals surface area (Å²) in [4.78, 5) is 60.0. The predicted molar refractivity (Wildman–Crippen MR) is 190 cm³/mol. The van der Waals surface area contributed by atoms with Crippen LogP contribution in [0.2, 0.25) is 0 Å². The molecule has 1 saturated carbocycles. The zero-order valence-corrected chi connectivity index (χ0v) is 27.7. The van der Waals surface area contributed by atoms with Crippen molar-refractivity contribution >= 4 is 47.2 Å². The van der Waals surface area contributed by atoms with Crippen molar-refractivity contribution in [2.75, 3.05) is 12.0 Å². The zero-order valence-electron chi connectivity index (χ0n) is 27.7. The maximum atomic E-state index is 15.2. The molecule has 0 radical (unpaired) electrons. The van der Waals surface area contributed by atoms with Crippen molar-refractivity contribution in [3.63, 3.8) is 0 Å². The minimum atomic E-state index is -1.79. The summed E-state index contributed by atoms with van der Waals surface area (Å²) in [5.74, 6) is -4.93. The van der Waals surface area contributed by atoms with Gasteiger partial charge in [0.05, 0.1) is 30.0 Å². The summed E-state index contributed by atoms with van der Waals surface area (Å²) in [7, 11) is -0.313. The van der Waals surface area contributed by atoms with Crippen molar-refractivity contribution in [1.82, 2.24) is 0 Å². The van der Waals surface area contributed by atoms with E-state index < -0.39 is 53.9 Å². The molecule has 1 heterocycles. The van der Waals surface area contributed by atoms with E-state index in [4.69, 9.17) is 4.74 Å². The lowest BCUT2D eigenvalue weighted by atomic mass is 9.44. The Labute approximate surface area is 294 Å². The standard InChI is InChI=1S/C41H34BNO8/c1-51-34-20-27(44)15-16-29(34)37-28-17-18-30-36(40(48)43(39(30)47)26-14-8-13-25(19-26)42(49)50)32(28)21-33-38(46)31(23-9-4-2-5-10-23)22-35(45)41(33,37)24-11-6-3-7-12-24/h2-17,19-20,22,30,32-33,36-37,44,49-50H,18,21H2,1H3. The summed E-state index contributed by atoms with van der Waals surface area (Å²) in [5, 5.41) is 30.2. The highest BCUT2D eigenvalue weighted by Crippen LogP contribution is 2.64. The number of anilines is 1. The van der Waals surface area contributed by atoms with Crippen LogP contribution in [0.5, 0.6) is 11.5 Å². The second-order valence-corrected chi connectivity index (χ2v) is 13.7. The first kappa shape index (κ1) is 32.6. The average Bonchev–Trinajstić information content (AvgIpc) is 3.41. The Hall–Kier alpha value is -5.58. The van der Waals surface area contributed by atoms with Gasteiger partial charge in [-0.3, -0.25) is 24.1 Å². The molecule has 4 aromatic carbocycles. The molecular weight excluding hydrogens is 645 g/mol. The van der Waals surface area contributed by atoms with Crippen LogP contribution < -0.4 is 15.1 Å². The van der Waals surface area contributed by atoms with Crippen molar-refractivity contribution < 1.29 is 39.1 Å². The van der Waals surface area contributed by atoms with Gasteiger partial charge < -0.3 is 19.9 Å². The van der Waals surface area contributed by atoms with Crippen LogP contribution in [-0.4, -0.2) is 52.8 Å². The summed E-state index contributed by atoms with van der Waals surface area (Å²) in [6, 6.07) is 29.1. The molecule has 10 heteroatoms. The Kier molecular flexibility index (Phi) is 7.89. The molecule has 51 heavy (non-hydrogen) atoms. The van der Waals surface area contributed by atoms with Gasteiger partial charge in [0, 0.05) is 29.0 Å². The number of methoxy groups -OCH3 is 1. The summed E-state index contributed by atoms with van der Waals surface area (Å²) in [5.41, 5.74) is 1.83. The van der Waals surface area contributed by atoms with Gasteiger partial charge in [-0.05, 0) is 59.6 Å². The fourth-order valence-corrected chi connectivity index (χ4v) is 9.24. The Morgan fingerprint density at radius 2 is 1.55 bits per heavy atom. The minimum absolute atomic E-state index is 0.0364. The number of hydrogen-bond donors (Lipinski definition) is 3. The average molecular weight is 680 g/mol. The summed E-state index contributed by atoms with van der Waals surface area (Å²) in [6.45, 7) is 0. The van der Waals surface area contributed by atoms with Gasteiger partial charge in [0.25, 0.3) is 0 Å². The molecule has 0 aromatic heterocycles. The minimum Gasteiger partial charge on any atom is -0.508 e. The highest BCUT2D eigenvalue weighted by atomic mass is 16.5. The first-order valence-corrected chi connectivity index (χ1v) is 17.0. The third-order valence-electron chi connectivity index (χ3n) is 11.3. The Morgan fingerprint density at radius 3 is 2.25 bits per heavy atom. The number of rotatable bonds is 6. The normalized spacial score (nSPS) is 26.9. The Balaban J connectivity index is 1.36. The van der Waals surface area contributed by atoms with E-state index in [0.29, 0.717) is 28.0 Å². The quantitative estimate of drug-likeness (QED) is 0.157. The number of allylic oxidation sites excluding steroid dienone is 4. The third-order valence-corrected chi connectivity index (χ3v) is 11.3. The summed E-state index contributed by atoms with van der Waals surface area (Å²) < 4.78 is 5.83. The number of aromatic hydroxyl groups is 1. The number of carbonyl (C=O) groups excluding carboxylic acids is 4. The van der Waals surface area contributed by atoms with E-state index in [0.717, 1.165) is 10.5 Å². The lowest BCUT2D eigenvalue weighted by Crippen LogP contribution is -2.58. The SMILES string of the molecule is COc1cc(O)ccc1C1C2=CCC3C(=O)N(c4cccc(B(O)O)c4)C(=O)C3C2CC2C(=O)C(c3ccccc3)=CC(=O)C21c1ccccc1. The van der Waals surface area contributed by atoms with Gasteiger partial charge in [-0.15, -0.1) is 0 Å². The molecule has 6 unspecified atom stereocenters. The van der Waals surface area contributed by atoms with Crippen molar-refractivity contribution in [3.8, 4) is 11.5 Å². The third kappa shape index (κ3) is 4.85. The maximum Gasteiger partial charge on any atom is 0.488 e. The smallest absolute Gasteiger partial charge is 0.488 e. The zero-order chi connectivity index (χ0) is 35.6. The van der Waals surface area contributed by atoms with Crippen LogP contribution in [0.3, 0.4) is 0 Å². The molecule has 4 aliphatic rings. The van der Waals surface area contributed by atoms with Crippen LogP contribution >= 0.6 is 0 Å². The maximum absolute atomic E-state index is 15.2. The van der Waals surface area contributed by atoms with Gasteiger partial charge in [0.2, 0.25) is 11.8 Å². The molecule has 254 valence electrons. The molecule has 8 rings (SSSR count). The molecule has 0 bridgehead atoms. The van der Waals surface area contributed by atoms with Crippen LogP contribution in [0.15, 0.2) is 121 Å². The predicted octanol–water partition coefficient (Wildman–Crippen LogP) is 4.11. The number of Topliss-reactive ketones (excluding diaryl/α,β-unsaturated/α-hetero) is 1. The molecule has 1 saturated heterocycles. The summed E-state index contributed by atoms with van der Waals surface area (Å²) >= 11 is 0. The van der Waals surface area contributed by atoms with Gasteiger partial charge in [0.15, 0.2) is 11.6 Å². The van der Waals surface area contributed by atoms with Crippen LogP contribution in [0.1, 0.15) is 35.4 Å². The second-order valence-electron chi connectivity index (χ2n) is 13.7. The molecular formula is C41H34BNO8. The number of carbonyl (C=O) groups is 4. The van der Waals surface area contributed by atoms with Crippen LogP contribution in [0.25, 0.3) is 5.57 Å². The molecule has 9 nitrogen and oxygen atoms in total. The summed E-state index contributed by atoms with van der Waals surface area (Å²) in [6.07, 6.45) is 3.78. The monoisotopic (exact) mass is 679 g/mol. The van der Waals surface area contributed by atoms with Crippen LogP contribution in [0.4, 0.5) is 5.69 Å². The van der Waals surface area contributed by atoms with Crippen molar-refractivity contribution in [2.45, 2.75) is 24.2 Å². The van der Waals surface area contributed by atoms with Crippen molar-refractivity contribution in [3.05, 3.63) is 138 Å². The van der Waals surface area contributed by atoms with Crippen LogP contribution in [0, 0.1) is 23.7 Å². The van der Waals surface area contributed by atoms with E-state index in [2.05, 4.69) is 0 Å². The number of amides is 2. The molecule has 3 N–H and O–H groups in total. The molecule has 0 spiro atoms. The van der Waals surface area contributed by atoms with E-state index >= 15 is 9.59 Å². The number of nitrogens with zero attached hydrogens (tertiary/aromatic N) is 1.